The number of nitrogens with one attached hydrogen (secondary N) is 1. The van der Waals surface area contributed by atoms with E-state index >= 15 is 0 Å². The molecule has 1 atom stereocenters. The zero-order valence-electron chi connectivity index (χ0n) is 14.0. The monoisotopic (exact) mass is 331 g/mol. The molecule has 0 aliphatic carbocycles. The number of carbonyl (C=O) groups excluding carboxylic acids is 1. The Bertz CT molecular complexity index is 298. The van der Waals surface area contributed by atoms with Crippen molar-refractivity contribution in [2.45, 2.75) is 90.0 Å². The SMILES string of the molecule is CC(NCCCCCCCCCCCCCC(=O)O)C(=O)S. The summed E-state index contributed by atoms with van der Waals surface area (Å²) in [5.41, 5.74) is 0. The first-order chi connectivity index (χ1) is 10.5. The molecule has 0 saturated heterocycles. The molecule has 0 aliphatic heterocycles. The van der Waals surface area contributed by atoms with Crippen molar-refractivity contribution in [3.8, 4) is 0 Å². The number of carboxylic acid groups (broad SMARTS) is 1. The highest BCUT2D eigenvalue weighted by Crippen LogP contribution is 2.11. The Hall–Kier alpha value is -0.550. The third kappa shape index (κ3) is 15.8. The minimum Gasteiger partial charge on any atom is -0.481 e. The van der Waals surface area contributed by atoms with Crippen molar-refractivity contribution >= 4 is 23.7 Å². The van der Waals surface area contributed by atoms with Gasteiger partial charge >= 0.3 is 5.97 Å². The van der Waals surface area contributed by atoms with Crippen LogP contribution in [0.4, 0.5) is 0 Å². The molecule has 0 bridgehead atoms. The van der Waals surface area contributed by atoms with Crippen LogP contribution in [0.25, 0.3) is 0 Å². The van der Waals surface area contributed by atoms with Crippen LogP contribution in [0.15, 0.2) is 0 Å². The second-order valence-electron chi connectivity index (χ2n) is 6.05. The van der Waals surface area contributed by atoms with Gasteiger partial charge in [-0.2, -0.15) is 0 Å². The number of rotatable bonds is 16. The van der Waals surface area contributed by atoms with Crippen LogP contribution in [-0.4, -0.2) is 28.8 Å². The van der Waals surface area contributed by atoms with Gasteiger partial charge in [-0.05, 0) is 26.3 Å². The summed E-state index contributed by atoms with van der Waals surface area (Å²) in [5, 5.41) is 11.6. The molecular weight excluding hydrogens is 298 g/mol. The second kappa shape index (κ2) is 15.3. The maximum absolute atomic E-state index is 10.9. The Morgan fingerprint density at radius 2 is 1.27 bits per heavy atom. The van der Waals surface area contributed by atoms with Crippen molar-refractivity contribution < 1.29 is 14.7 Å². The summed E-state index contributed by atoms with van der Waals surface area (Å²) in [7, 11) is 0. The summed E-state index contributed by atoms with van der Waals surface area (Å²) >= 11 is 3.79. The molecule has 0 aromatic heterocycles. The predicted molar refractivity (Wildman–Crippen MR) is 94.5 cm³/mol. The standard InChI is InChI=1S/C17H33NO3S/c1-15(17(21)22)18-14-12-10-8-6-4-2-3-5-7-9-11-13-16(19)20/h15,18H,2-14H2,1H3,(H,19,20)(H,21,22). The van der Waals surface area contributed by atoms with Crippen molar-refractivity contribution in [2.75, 3.05) is 6.54 Å². The Kier molecular flexibility index (Phi) is 15.0. The molecule has 0 heterocycles. The Labute approximate surface area is 140 Å². The number of hydrogen-bond donors (Lipinski definition) is 3. The average Bonchev–Trinajstić information content (AvgIpc) is 2.46. The maximum Gasteiger partial charge on any atom is 0.303 e. The lowest BCUT2D eigenvalue weighted by atomic mass is 10.1. The summed E-state index contributed by atoms with van der Waals surface area (Å²) in [5.74, 6) is -0.679. The van der Waals surface area contributed by atoms with E-state index in [2.05, 4.69) is 17.9 Å². The molecule has 4 nitrogen and oxygen atoms in total. The van der Waals surface area contributed by atoms with Crippen LogP contribution in [0.3, 0.4) is 0 Å². The van der Waals surface area contributed by atoms with Gasteiger partial charge in [-0.3, -0.25) is 9.59 Å². The van der Waals surface area contributed by atoms with Crippen molar-refractivity contribution in [1.29, 1.82) is 0 Å². The second-order valence-corrected chi connectivity index (χ2v) is 6.49. The van der Waals surface area contributed by atoms with Crippen LogP contribution in [0.1, 0.15) is 84.0 Å². The number of thiol groups is 1. The highest BCUT2D eigenvalue weighted by atomic mass is 32.1. The van der Waals surface area contributed by atoms with Crippen LogP contribution < -0.4 is 5.32 Å². The Morgan fingerprint density at radius 1 is 0.864 bits per heavy atom. The number of carboxylic acids is 1. The molecule has 5 heteroatoms. The molecule has 130 valence electrons. The third-order valence-corrected chi connectivity index (χ3v) is 4.28. The molecular formula is C17H33NO3S. The quantitative estimate of drug-likeness (QED) is 0.293. The normalized spacial score (nSPS) is 12.3. The first kappa shape index (κ1) is 21.4. The fourth-order valence-electron chi connectivity index (χ4n) is 2.40. The molecule has 0 aromatic rings. The van der Waals surface area contributed by atoms with Crippen molar-refractivity contribution in [3.05, 3.63) is 0 Å². The van der Waals surface area contributed by atoms with Crippen LogP contribution in [0.5, 0.6) is 0 Å². The number of hydrogen-bond acceptors (Lipinski definition) is 3. The highest BCUT2D eigenvalue weighted by Gasteiger charge is 2.05. The van der Waals surface area contributed by atoms with Gasteiger partial charge in [0.2, 0.25) is 5.12 Å². The molecule has 0 saturated carbocycles. The van der Waals surface area contributed by atoms with Gasteiger partial charge in [0.15, 0.2) is 0 Å². The van der Waals surface area contributed by atoms with Crippen molar-refractivity contribution in [2.24, 2.45) is 0 Å². The molecule has 1 unspecified atom stereocenters. The molecule has 0 aliphatic rings. The van der Waals surface area contributed by atoms with E-state index in [4.69, 9.17) is 5.11 Å². The van der Waals surface area contributed by atoms with Gasteiger partial charge in [-0.1, -0.05) is 57.8 Å². The molecule has 2 N–H and O–H groups in total. The number of unbranched alkanes of at least 4 members (excludes halogenated alkanes) is 10. The largest absolute Gasteiger partial charge is 0.481 e. The van der Waals surface area contributed by atoms with E-state index in [1.165, 1.54) is 51.4 Å². The lowest BCUT2D eigenvalue weighted by Gasteiger charge is -2.09. The number of carbonyl (C=O) groups is 2. The molecule has 0 spiro atoms. The Balaban J connectivity index is 3.08. The lowest BCUT2D eigenvalue weighted by Crippen LogP contribution is -2.31. The van der Waals surface area contributed by atoms with Gasteiger partial charge < -0.3 is 10.4 Å². The van der Waals surface area contributed by atoms with E-state index in [0.717, 1.165) is 25.8 Å². The van der Waals surface area contributed by atoms with Crippen molar-refractivity contribution in [1.82, 2.24) is 5.32 Å². The molecule has 0 rings (SSSR count). The van der Waals surface area contributed by atoms with Gasteiger partial charge in [0, 0.05) is 6.42 Å². The van der Waals surface area contributed by atoms with Crippen LogP contribution >= 0.6 is 12.6 Å². The Morgan fingerprint density at radius 3 is 1.68 bits per heavy atom. The van der Waals surface area contributed by atoms with Gasteiger partial charge in [0.1, 0.15) is 0 Å². The van der Waals surface area contributed by atoms with Crippen LogP contribution in [-0.2, 0) is 9.59 Å². The molecule has 0 aromatic carbocycles. The summed E-state index contributed by atoms with van der Waals surface area (Å²) in [6.45, 7) is 2.74. The van der Waals surface area contributed by atoms with Crippen LogP contribution in [0.2, 0.25) is 0 Å². The summed E-state index contributed by atoms with van der Waals surface area (Å²) in [6.07, 6.45) is 13.4. The van der Waals surface area contributed by atoms with E-state index in [1.807, 2.05) is 6.92 Å². The van der Waals surface area contributed by atoms with Gasteiger partial charge in [-0.25, -0.2) is 0 Å². The van der Waals surface area contributed by atoms with Gasteiger partial charge in [-0.15, -0.1) is 12.6 Å². The van der Waals surface area contributed by atoms with E-state index in [-0.39, 0.29) is 11.2 Å². The molecule has 22 heavy (non-hydrogen) atoms. The minimum atomic E-state index is -0.679. The minimum absolute atomic E-state index is 0.0945. The smallest absolute Gasteiger partial charge is 0.303 e. The number of aliphatic carboxylic acids is 1. The van der Waals surface area contributed by atoms with E-state index < -0.39 is 5.97 Å². The fourth-order valence-corrected chi connectivity index (χ4v) is 2.49. The first-order valence-electron chi connectivity index (χ1n) is 8.72. The van der Waals surface area contributed by atoms with E-state index in [1.54, 1.807) is 0 Å². The average molecular weight is 332 g/mol. The van der Waals surface area contributed by atoms with Crippen LogP contribution in [0, 0.1) is 0 Å². The zero-order valence-corrected chi connectivity index (χ0v) is 14.9. The molecule has 0 radical (unpaired) electrons. The summed E-state index contributed by atoms with van der Waals surface area (Å²) < 4.78 is 0. The van der Waals surface area contributed by atoms with Crippen molar-refractivity contribution in [3.63, 3.8) is 0 Å². The summed E-state index contributed by atoms with van der Waals surface area (Å²) in [6, 6.07) is -0.140. The topological polar surface area (TPSA) is 66.4 Å². The maximum atomic E-state index is 10.9. The van der Waals surface area contributed by atoms with Gasteiger partial charge in [0.25, 0.3) is 0 Å². The van der Waals surface area contributed by atoms with E-state index in [0.29, 0.717) is 6.42 Å². The summed E-state index contributed by atoms with van der Waals surface area (Å²) in [4.78, 5) is 21.2. The zero-order chi connectivity index (χ0) is 16.6. The third-order valence-electron chi connectivity index (χ3n) is 3.89. The van der Waals surface area contributed by atoms with Gasteiger partial charge in [0.05, 0.1) is 6.04 Å². The molecule has 0 fully saturated rings. The highest BCUT2D eigenvalue weighted by molar-refractivity contribution is 7.96. The predicted octanol–water partition coefficient (Wildman–Crippen LogP) is 4.19. The van der Waals surface area contributed by atoms with E-state index in [9.17, 15) is 9.59 Å². The lowest BCUT2D eigenvalue weighted by molar-refractivity contribution is -0.137. The molecule has 0 amide bonds. The first-order valence-corrected chi connectivity index (χ1v) is 9.16. The fraction of sp³-hybridized carbons (Fsp3) is 0.882.